The predicted molar refractivity (Wildman–Crippen MR) is 114 cm³/mol. The van der Waals surface area contributed by atoms with Crippen LogP contribution in [0.4, 0.5) is 24.7 Å². The van der Waals surface area contributed by atoms with Crippen LogP contribution in [0.5, 0.6) is 11.5 Å². The normalized spacial score (nSPS) is 11.3. The van der Waals surface area contributed by atoms with Gasteiger partial charge in [-0.2, -0.15) is 18.3 Å². The second-order valence-corrected chi connectivity index (χ2v) is 6.42. The number of alkyl halides is 3. The van der Waals surface area contributed by atoms with Gasteiger partial charge in [0.25, 0.3) is 5.91 Å². The first kappa shape index (κ1) is 22.6. The molecule has 0 atom stereocenters. The molecule has 0 saturated heterocycles. The van der Waals surface area contributed by atoms with Gasteiger partial charge in [-0.05, 0) is 54.1 Å². The summed E-state index contributed by atoms with van der Waals surface area (Å²) in [4.78, 5) is 16.6. The molecule has 0 saturated carbocycles. The Kier molecular flexibility index (Phi) is 6.93. The maximum Gasteiger partial charge on any atom is 0.416 e. The highest BCUT2D eigenvalue weighted by molar-refractivity contribution is 5.99. The van der Waals surface area contributed by atoms with E-state index in [9.17, 15) is 18.0 Å². The smallest absolute Gasteiger partial charge is 0.416 e. The Bertz CT molecular complexity index is 1130. The third kappa shape index (κ3) is 5.54. The van der Waals surface area contributed by atoms with Gasteiger partial charge >= 0.3 is 6.18 Å². The summed E-state index contributed by atoms with van der Waals surface area (Å²) in [6.45, 7) is 0. The molecule has 32 heavy (non-hydrogen) atoms. The molecule has 3 rings (SSSR count). The molecule has 2 aromatic carbocycles. The van der Waals surface area contributed by atoms with Gasteiger partial charge < -0.3 is 14.8 Å². The lowest BCUT2D eigenvalue weighted by Crippen LogP contribution is -2.19. The summed E-state index contributed by atoms with van der Waals surface area (Å²) in [5.41, 5.74) is 2.45. The first-order valence-corrected chi connectivity index (χ1v) is 9.26. The lowest BCUT2D eigenvalue weighted by atomic mass is 10.2. The van der Waals surface area contributed by atoms with E-state index in [1.165, 1.54) is 50.9 Å². The third-order valence-electron chi connectivity index (χ3n) is 4.29. The Morgan fingerprint density at radius 2 is 1.81 bits per heavy atom. The predicted octanol–water partition coefficient (Wildman–Crippen LogP) is 4.63. The van der Waals surface area contributed by atoms with Crippen molar-refractivity contribution in [3.8, 4) is 11.5 Å². The number of benzene rings is 2. The molecule has 0 bridgehead atoms. The van der Waals surface area contributed by atoms with Gasteiger partial charge in [0.1, 0.15) is 5.82 Å². The molecule has 0 radical (unpaired) electrons. The molecule has 0 aliphatic rings. The number of ether oxygens (including phenoxy) is 2. The Morgan fingerprint density at radius 3 is 2.53 bits per heavy atom. The second-order valence-electron chi connectivity index (χ2n) is 6.42. The molecule has 1 aromatic heterocycles. The highest BCUT2D eigenvalue weighted by atomic mass is 19.4. The number of aromatic nitrogens is 1. The van der Waals surface area contributed by atoms with E-state index in [4.69, 9.17) is 9.47 Å². The molecule has 166 valence electrons. The fourth-order valence-corrected chi connectivity index (χ4v) is 2.76. The van der Waals surface area contributed by atoms with Gasteiger partial charge in [-0.1, -0.05) is 6.07 Å². The fraction of sp³-hybridized carbons (Fsp3) is 0.136. The summed E-state index contributed by atoms with van der Waals surface area (Å²) in [5, 5.41) is 6.67. The summed E-state index contributed by atoms with van der Waals surface area (Å²) >= 11 is 0. The van der Waals surface area contributed by atoms with Crippen molar-refractivity contribution in [2.45, 2.75) is 6.18 Å². The van der Waals surface area contributed by atoms with Crippen LogP contribution >= 0.6 is 0 Å². The molecule has 3 aromatic rings. The van der Waals surface area contributed by atoms with Gasteiger partial charge in [-0.3, -0.25) is 4.79 Å². The van der Waals surface area contributed by atoms with Crippen molar-refractivity contribution in [3.05, 3.63) is 77.5 Å². The van der Waals surface area contributed by atoms with Crippen molar-refractivity contribution in [1.82, 2.24) is 10.4 Å². The minimum Gasteiger partial charge on any atom is -0.493 e. The van der Waals surface area contributed by atoms with Gasteiger partial charge in [0.2, 0.25) is 0 Å². The maximum atomic E-state index is 12.9. The van der Waals surface area contributed by atoms with Gasteiger partial charge in [0.05, 0.1) is 31.6 Å². The van der Waals surface area contributed by atoms with Crippen LogP contribution in [-0.4, -0.2) is 31.3 Å². The molecular formula is C22H19F3N4O3. The number of pyridine rings is 1. The summed E-state index contributed by atoms with van der Waals surface area (Å²) in [6.07, 6.45) is -1.66. The Hall–Kier alpha value is -4.08. The summed E-state index contributed by atoms with van der Waals surface area (Å²) in [5.74, 6) is 0.548. The van der Waals surface area contributed by atoms with E-state index in [1.54, 1.807) is 18.2 Å². The lowest BCUT2D eigenvalue weighted by Gasteiger charge is -2.12. The van der Waals surface area contributed by atoms with Crippen LogP contribution in [-0.2, 0) is 6.18 Å². The first-order chi connectivity index (χ1) is 15.3. The highest BCUT2D eigenvalue weighted by Crippen LogP contribution is 2.31. The van der Waals surface area contributed by atoms with Crippen LogP contribution in [0.1, 0.15) is 21.5 Å². The SMILES string of the molecule is COc1ccc(/C=N/NC(=O)c2cccnc2Nc2cccc(C(F)(F)F)c2)cc1OC. The summed E-state index contributed by atoms with van der Waals surface area (Å²) < 4.78 is 49.2. The molecule has 1 amide bonds. The summed E-state index contributed by atoms with van der Waals surface area (Å²) in [7, 11) is 3.02. The van der Waals surface area contributed by atoms with Crippen molar-refractivity contribution in [2.24, 2.45) is 5.10 Å². The van der Waals surface area contributed by atoms with Gasteiger partial charge in [-0.25, -0.2) is 10.4 Å². The van der Waals surface area contributed by atoms with Crippen LogP contribution in [0.15, 0.2) is 65.9 Å². The Labute approximate surface area is 181 Å². The van der Waals surface area contributed by atoms with Crippen LogP contribution in [0.25, 0.3) is 0 Å². The number of nitrogens with one attached hydrogen (secondary N) is 2. The molecule has 0 aliphatic carbocycles. The van der Waals surface area contributed by atoms with E-state index in [-0.39, 0.29) is 17.1 Å². The van der Waals surface area contributed by atoms with Crippen molar-refractivity contribution in [2.75, 3.05) is 19.5 Å². The Balaban J connectivity index is 1.74. The molecule has 0 spiro atoms. The molecule has 0 aliphatic heterocycles. The average molecular weight is 444 g/mol. The van der Waals surface area contributed by atoms with E-state index >= 15 is 0 Å². The van der Waals surface area contributed by atoms with Crippen LogP contribution < -0.4 is 20.2 Å². The molecule has 0 unspecified atom stereocenters. The number of halogens is 3. The lowest BCUT2D eigenvalue weighted by molar-refractivity contribution is -0.137. The number of carbonyl (C=O) groups excluding carboxylic acids is 1. The van der Waals surface area contributed by atoms with Gasteiger partial charge in [-0.15, -0.1) is 0 Å². The topological polar surface area (TPSA) is 84.8 Å². The zero-order valence-corrected chi connectivity index (χ0v) is 17.1. The number of hydrogen-bond acceptors (Lipinski definition) is 6. The van der Waals surface area contributed by atoms with Crippen LogP contribution in [0, 0.1) is 0 Å². The number of carbonyl (C=O) groups is 1. The number of nitrogens with zero attached hydrogens (tertiary/aromatic N) is 2. The van der Waals surface area contributed by atoms with Crippen molar-refractivity contribution < 1.29 is 27.4 Å². The monoisotopic (exact) mass is 444 g/mol. The van der Waals surface area contributed by atoms with E-state index in [0.29, 0.717) is 17.1 Å². The number of methoxy groups -OCH3 is 2. The largest absolute Gasteiger partial charge is 0.493 e. The second kappa shape index (κ2) is 9.82. The first-order valence-electron chi connectivity index (χ1n) is 9.26. The average Bonchev–Trinajstić information content (AvgIpc) is 2.79. The van der Waals surface area contributed by atoms with Gasteiger partial charge in [0.15, 0.2) is 11.5 Å². The number of hydrogen-bond donors (Lipinski definition) is 2. The van der Waals surface area contributed by atoms with E-state index < -0.39 is 17.6 Å². The number of hydrazone groups is 1. The van der Waals surface area contributed by atoms with E-state index in [2.05, 4.69) is 20.8 Å². The van der Waals surface area contributed by atoms with Crippen LogP contribution in [0.3, 0.4) is 0 Å². The van der Waals surface area contributed by atoms with Crippen molar-refractivity contribution in [3.63, 3.8) is 0 Å². The standard InChI is InChI=1S/C22H19F3N4O3/c1-31-18-9-8-14(11-19(18)32-2)13-27-29-21(30)17-7-4-10-26-20(17)28-16-6-3-5-15(12-16)22(23,24)25/h3-13H,1-2H3,(H,26,28)(H,29,30)/b27-13+. The highest BCUT2D eigenvalue weighted by Gasteiger charge is 2.30. The molecular weight excluding hydrogens is 425 g/mol. The van der Waals surface area contributed by atoms with E-state index in [1.807, 2.05) is 0 Å². The zero-order chi connectivity index (χ0) is 23.1. The Morgan fingerprint density at radius 1 is 1.03 bits per heavy atom. The van der Waals surface area contributed by atoms with Crippen molar-refractivity contribution >= 4 is 23.6 Å². The fourth-order valence-electron chi connectivity index (χ4n) is 2.76. The number of anilines is 2. The molecule has 10 heteroatoms. The molecule has 0 fully saturated rings. The molecule has 2 N–H and O–H groups in total. The van der Waals surface area contributed by atoms with Gasteiger partial charge in [0, 0.05) is 11.9 Å². The van der Waals surface area contributed by atoms with Crippen LogP contribution in [0.2, 0.25) is 0 Å². The zero-order valence-electron chi connectivity index (χ0n) is 17.1. The minimum absolute atomic E-state index is 0.0886. The quantitative estimate of drug-likeness (QED) is 0.410. The minimum atomic E-state index is -4.49. The third-order valence-corrected chi connectivity index (χ3v) is 4.29. The molecule has 7 nitrogen and oxygen atoms in total. The maximum absolute atomic E-state index is 12.9. The van der Waals surface area contributed by atoms with E-state index in [0.717, 1.165) is 12.1 Å². The summed E-state index contributed by atoms with van der Waals surface area (Å²) in [6, 6.07) is 12.7. The number of rotatable bonds is 7. The van der Waals surface area contributed by atoms with Crippen molar-refractivity contribution in [1.29, 1.82) is 0 Å². The molecule has 1 heterocycles. The number of amides is 1.